The molecule has 124 valence electrons. The van der Waals surface area contributed by atoms with Crippen LogP contribution in [0.5, 0.6) is 0 Å². The van der Waals surface area contributed by atoms with Crippen LogP contribution in [0.3, 0.4) is 0 Å². The number of hydrogen-bond donors (Lipinski definition) is 1. The van der Waals surface area contributed by atoms with E-state index in [1.807, 2.05) is 42.2 Å². The molecule has 4 nitrogen and oxygen atoms in total. The highest BCUT2D eigenvalue weighted by molar-refractivity contribution is 6.30. The number of benzene rings is 1. The zero-order valence-electron chi connectivity index (χ0n) is 13.7. The van der Waals surface area contributed by atoms with Crippen LogP contribution in [0.2, 0.25) is 5.02 Å². The number of fused-ring (bicyclic) bond motifs is 2. The van der Waals surface area contributed by atoms with Crippen LogP contribution >= 0.6 is 11.6 Å². The summed E-state index contributed by atoms with van der Waals surface area (Å²) in [5, 5.41) is 4.15. The third-order valence-electron chi connectivity index (χ3n) is 5.25. The van der Waals surface area contributed by atoms with E-state index in [-0.39, 0.29) is 11.3 Å². The van der Waals surface area contributed by atoms with Gasteiger partial charge in [0.05, 0.1) is 5.56 Å². The maximum absolute atomic E-state index is 13.1. The second-order valence-corrected chi connectivity index (χ2v) is 7.21. The Kier molecular flexibility index (Phi) is 3.82. The molecule has 1 N–H and O–H groups in total. The minimum absolute atomic E-state index is 0.0132. The van der Waals surface area contributed by atoms with Crippen LogP contribution in [0.4, 0.5) is 5.69 Å². The number of amides is 1. The number of pyridine rings is 1. The Balaban J connectivity index is 1.75. The number of halogens is 1. The quantitative estimate of drug-likeness (QED) is 0.865. The number of aromatic nitrogens is 1. The lowest BCUT2D eigenvalue weighted by Crippen LogP contribution is -2.44. The maximum Gasteiger partial charge on any atom is 0.259 e. The summed E-state index contributed by atoms with van der Waals surface area (Å²) in [4.78, 5) is 19.2. The van der Waals surface area contributed by atoms with E-state index in [1.165, 1.54) is 5.56 Å². The van der Waals surface area contributed by atoms with Crippen molar-refractivity contribution < 1.29 is 4.79 Å². The molecule has 1 aromatic heterocycles. The van der Waals surface area contributed by atoms with Gasteiger partial charge in [-0.2, -0.15) is 0 Å². The van der Waals surface area contributed by atoms with E-state index in [2.05, 4.69) is 10.3 Å². The van der Waals surface area contributed by atoms with Crippen LogP contribution in [-0.2, 0) is 5.41 Å². The molecule has 1 spiro atoms. The second-order valence-electron chi connectivity index (χ2n) is 6.77. The van der Waals surface area contributed by atoms with E-state index in [9.17, 15) is 4.79 Å². The van der Waals surface area contributed by atoms with Gasteiger partial charge in [0.25, 0.3) is 5.91 Å². The van der Waals surface area contributed by atoms with Crippen molar-refractivity contribution in [2.45, 2.75) is 25.2 Å². The summed E-state index contributed by atoms with van der Waals surface area (Å²) in [7, 11) is 0. The molecule has 0 saturated carbocycles. The molecule has 2 aromatic rings. The largest absolute Gasteiger partial charge is 0.317 e. The molecule has 0 radical (unpaired) electrons. The fourth-order valence-corrected chi connectivity index (χ4v) is 4.08. The van der Waals surface area contributed by atoms with E-state index < -0.39 is 0 Å². The van der Waals surface area contributed by atoms with Crippen molar-refractivity contribution in [1.82, 2.24) is 10.3 Å². The van der Waals surface area contributed by atoms with Crippen molar-refractivity contribution in [2.24, 2.45) is 0 Å². The first-order chi connectivity index (χ1) is 11.6. The lowest BCUT2D eigenvalue weighted by molar-refractivity contribution is 0.0982. The Morgan fingerprint density at radius 3 is 2.75 bits per heavy atom. The summed E-state index contributed by atoms with van der Waals surface area (Å²) in [5.74, 6) is 0.0153. The lowest BCUT2D eigenvalue weighted by Gasteiger charge is -2.34. The third-order valence-corrected chi connectivity index (χ3v) is 5.48. The lowest BCUT2D eigenvalue weighted by atomic mass is 9.75. The van der Waals surface area contributed by atoms with E-state index >= 15 is 0 Å². The molecule has 1 fully saturated rings. The fraction of sp³-hybridized carbons (Fsp3) is 0.368. The molecule has 2 aliphatic rings. The number of aryl methyl sites for hydroxylation is 1. The highest BCUT2D eigenvalue weighted by atomic mass is 35.5. The summed E-state index contributed by atoms with van der Waals surface area (Å²) < 4.78 is 0. The van der Waals surface area contributed by atoms with Gasteiger partial charge in [-0.25, -0.2) is 0 Å². The van der Waals surface area contributed by atoms with Crippen LogP contribution in [0.1, 0.15) is 34.5 Å². The van der Waals surface area contributed by atoms with Gasteiger partial charge < -0.3 is 10.2 Å². The monoisotopic (exact) mass is 341 g/mol. The summed E-state index contributed by atoms with van der Waals surface area (Å²) in [5.41, 5.74) is 3.76. The highest BCUT2D eigenvalue weighted by Crippen LogP contribution is 2.47. The topological polar surface area (TPSA) is 45.2 Å². The SMILES string of the molecule is Cc1ccc(C(=O)N2CC3(CCNCC3)c3cc(Cl)ccc32)cn1. The normalized spacial score (nSPS) is 18.7. The Labute approximate surface area is 146 Å². The van der Waals surface area contributed by atoms with E-state index in [0.717, 1.165) is 48.9 Å². The molecule has 3 heterocycles. The molecule has 0 bridgehead atoms. The summed E-state index contributed by atoms with van der Waals surface area (Å²) in [6, 6.07) is 9.63. The van der Waals surface area contributed by atoms with Crippen molar-refractivity contribution >= 4 is 23.2 Å². The van der Waals surface area contributed by atoms with Gasteiger partial charge >= 0.3 is 0 Å². The van der Waals surface area contributed by atoms with Crippen molar-refractivity contribution in [2.75, 3.05) is 24.5 Å². The van der Waals surface area contributed by atoms with Gasteiger partial charge in [-0.3, -0.25) is 9.78 Å². The Morgan fingerprint density at radius 1 is 1.25 bits per heavy atom. The Morgan fingerprint density at radius 2 is 2.04 bits per heavy atom. The van der Waals surface area contributed by atoms with Gasteiger partial charge in [-0.15, -0.1) is 0 Å². The number of carbonyl (C=O) groups excluding carboxylic acids is 1. The molecule has 0 atom stereocenters. The minimum Gasteiger partial charge on any atom is -0.317 e. The second kappa shape index (κ2) is 5.87. The molecule has 24 heavy (non-hydrogen) atoms. The number of hydrogen-bond acceptors (Lipinski definition) is 3. The van der Waals surface area contributed by atoms with Gasteiger partial charge in [0, 0.05) is 34.6 Å². The number of piperidine rings is 1. The fourth-order valence-electron chi connectivity index (χ4n) is 3.91. The average Bonchev–Trinajstić information content (AvgIpc) is 2.89. The van der Waals surface area contributed by atoms with Crippen LogP contribution < -0.4 is 10.2 Å². The Hall–Kier alpha value is -1.91. The first-order valence-corrected chi connectivity index (χ1v) is 8.72. The molecule has 4 rings (SSSR count). The standard InChI is InChI=1S/C19H20ClN3O/c1-13-2-3-14(11-22-13)18(24)23-12-19(6-8-21-9-7-19)16-10-15(20)4-5-17(16)23/h2-5,10-11,21H,6-9,12H2,1H3. The van der Waals surface area contributed by atoms with Gasteiger partial charge in [0.15, 0.2) is 0 Å². The molecule has 2 aliphatic heterocycles. The first kappa shape index (κ1) is 15.6. The molecule has 1 saturated heterocycles. The van der Waals surface area contributed by atoms with E-state index in [4.69, 9.17) is 11.6 Å². The molecule has 0 unspecified atom stereocenters. The smallest absolute Gasteiger partial charge is 0.259 e. The molecule has 1 amide bonds. The van der Waals surface area contributed by atoms with Crippen LogP contribution in [0, 0.1) is 6.92 Å². The maximum atomic E-state index is 13.1. The molecular formula is C19H20ClN3O. The Bertz CT molecular complexity index is 782. The first-order valence-electron chi connectivity index (χ1n) is 8.34. The predicted octanol–water partition coefficient (Wildman–Crippen LogP) is 3.33. The molecule has 5 heteroatoms. The van der Waals surface area contributed by atoms with E-state index in [1.54, 1.807) is 6.20 Å². The van der Waals surface area contributed by atoms with Crippen LogP contribution in [0.25, 0.3) is 0 Å². The van der Waals surface area contributed by atoms with Crippen LogP contribution in [-0.4, -0.2) is 30.5 Å². The number of nitrogens with one attached hydrogen (secondary N) is 1. The van der Waals surface area contributed by atoms with Gasteiger partial charge in [-0.1, -0.05) is 11.6 Å². The van der Waals surface area contributed by atoms with E-state index in [0.29, 0.717) is 5.56 Å². The summed E-state index contributed by atoms with van der Waals surface area (Å²) in [6.07, 6.45) is 3.72. The van der Waals surface area contributed by atoms with Crippen molar-refractivity contribution in [3.63, 3.8) is 0 Å². The number of carbonyl (C=O) groups is 1. The van der Waals surface area contributed by atoms with Crippen molar-refractivity contribution in [3.05, 3.63) is 58.4 Å². The van der Waals surface area contributed by atoms with Crippen LogP contribution in [0.15, 0.2) is 36.5 Å². The summed E-state index contributed by atoms with van der Waals surface area (Å²) in [6.45, 7) is 4.59. The third kappa shape index (κ3) is 2.50. The minimum atomic E-state index is 0.0132. The average molecular weight is 342 g/mol. The molecule has 1 aromatic carbocycles. The molecular weight excluding hydrogens is 322 g/mol. The van der Waals surface area contributed by atoms with Gasteiger partial charge in [0.2, 0.25) is 0 Å². The predicted molar refractivity (Wildman–Crippen MR) is 95.9 cm³/mol. The number of anilines is 1. The van der Waals surface area contributed by atoms with Crippen molar-refractivity contribution in [1.29, 1.82) is 0 Å². The number of nitrogens with zero attached hydrogens (tertiary/aromatic N) is 2. The number of rotatable bonds is 1. The molecule has 0 aliphatic carbocycles. The highest BCUT2D eigenvalue weighted by Gasteiger charge is 2.45. The van der Waals surface area contributed by atoms with Gasteiger partial charge in [-0.05, 0) is 68.8 Å². The zero-order chi connectivity index (χ0) is 16.7. The van der Waals surface area contributed by atoms with Gasteiger partial charge in [0.1, 0.15) is 0 Å². The summed E-state index contributed by atoms with van der Waals surface area (Å²) >= 11 is 6.26. The zero-order valence-corrected chi connectivity index (χ0v) is 14.4. The van der Waals surface area contributed by atoms with Crippen molar-refractivity contribution in [3.8, 4) is 0 Å².